The van der Waals surface area contributed by atoms with E-state index in [0.717, 1.165) is 55.8 Å². The van der Waals surface area contributed by atoms with Crippen LogP contribution in [0.15, 0.2) is 197 Å². The van der Waals surface area contributed by atoms with Gasteiger partial charge < -0.3 is 13.7 Å². The molecule has 11 aromatic rings. The van der Waals surface area contributed by atoms with Crippen molar-refractivity contribution < 1.29 is 8.83 Å². The van der Waals surface area contributed by atoms with Crippen LogP contribution in [0.5, 0.6) is 0 Å². The zero-order chi connectivity index (χ0) is 36.3. The summed E-state index contributed by atoms with van der Waals surface area (Å²) in [4.78, 5) is 11.7. The molecule has 258 valence electrons. The third kappa shape index (κ3) is 5.41. The van der Waals surface area contributed by atoms with Crippen molar-refractivity contribution >= 4 is 71.6 Å². The monoisotopic (exact) mass is 705 g/mol. The number of anilines is 3. The number of rotatable bonds is 6. The van der Waals surface area contributed by atoms with Gasteiger partial charge in [-0.1, -0.05) is 91.0 Å². The SMILES string of the molecule is c1ccc2c(c1)cc(-c1ccc3cc(N(c4ccc(-c5nc6ccccc6o5)cc4)c4ccc(-c5nc6ccccc6o5)cc4)ccc3c1)c1ccccc12. The molecule has 5 nitrogen and oxygen atoms in total. The molecule has 2 heterocycles. The fourth-order valence-electron chi connectivity index (χ4n) is 7.78. The normalized spacial score (nSPS) is 11.6. The molecule has 0 atom stereocenters. The van der Waals surface area contributed by atoms with Crippen LogP contribution in [0.3, 0.4) is 0 Å². The molecule has 0 aliphatic carbocycles. The lowest BCUT2D eigenvalue weighted by molar-refractivity contribution is 0.619. The van der Waals surface area contributed by atoms with E-state index in [1.165, 1.54) is 38.1 Å². The molecule has 55 heavy (non-hydrogen) atoms. The second-order valence-electron chi connectivity index (χ2n) is 13.8. The number of fused-ring (bicyclic) bond motifs is 6. The summed E-state index contributed by atoms with van der Waals surface area (Å²) in [5.41, 5.74) is 10.6. The van der Waals surface area contributed by atoms with Gasteiger partial charge >= 0.3 is 0 Å². The molecule has 0 amide bonds. The number of benzene rings is 9. The lowest BCUT2D eigenvalue weighted by atomic mass is 9.92. The summed E-state index contributed by atoms with van der Waals surface area (Å²) in [5.74, 6) is 1.20. The number of nitrogens with zero attached hydrogens (tertiary/aromatic N) is 3. The van der Waals surface area contributed by atoms with Crippen LogP contribution in [-0.2, 0) is 0 Å². The van der Waals surface area contributed by atoms with E-state index in [9.17, 15) is 0 Å². The summed E-state index contributed by atoms with van der Waals surface area (Å²) in [6, 6.07) is 65.6. The molecule has 9 aromatic carbocycles. The Hall–Kier alpha value is -7.50. The van der Waals surface area contributed by atoms with Gasteiger partial charge in [-0.25, -0.2) is 9.97 Å². The van der Waals surface area contributed by atoms with E-state index in [2.05, 4.69) is 144 Å². The summed E-state index contributed by atoms with van der Waals surface area (Å²) in [6.07, 6.45) is 0. The Bertz CT molecular complexity index is 3030. The van der Waals surface area contributed by atoms with Crippen molar-refractivity contribution in [2.24, 2.45) is 0 Å². The van der Waals surface area contributed by atoms with Crippen molar-refractivity contribution in [3.8, 4) is 34.0 Å². The van der Waals surface area contributed by atoms with Crippen molar-refractivity contribution in [3.63, 3.8) is 0 Å². The molecule has 2 aromatic heterocycles. The van der Waals surface area contributed by atoms with Crippen molar-refractivity contribution in [1.82, 2.24) is 9.97 Å². The van der Waals surface area contributed by atoms with Crippen LogP contribution in [0, 0.1) is 0 Å². The number of hydrogen-bond donors (Lipinski definition) is 0. The highest BCUT2D eigenvalue weighted by Gasteiger charge is 2.17. The largest absolute Gasteiger partial charge is 0.436 e. The van der Waals surface area contributed by atoms with Gasteiger partial charge in [0.2, 0.25) is 11.8 Å². The molecular weight excluding hydrogens is 675 g/mol. The van der Waals surface area contributed by atoms with E-state index in [-0.39, 0.29) is 0 Å². The third-order valence-corrected chi connectivity index (χ3v) is 10.5. The maximum Gasteiger partial charge on any atom is 0.227 e. The Morgan fingerprint density at radius 2 is 0.836 bits per heavy atom. The molecule has 11 rings (SSSR count). The highest BCUT2D eigenvalue weighted by molar-refractivity contribution is 6.14. The fraction of sp³-hybridized carbons (Fsp3) is 0. The Morgan fingerprint density at radius 1 is 0.345 bits per heavy atom. The van der Waals surface area contributed by atoms with E-state index in [0.29, 0.717) is 11.8 Å². The predicted octanol–water partition coefficient (Wildman–Crippen LogP) is 13.9. The van der Waals surface area contributed by atoms with Crippen molar-refractivity contribution in [2.45, 2.75) is 0 Å². The molecule has 0 N–H and O–H groups in total. The average Bonchev–Trinajstić information content (AvgIpc) is 3.89. The van der Waals surface area contributed by atoms with Crippen molar-refractivity contribution in [3.05, 3.63) is 188 Å². The zero-order valence-electron chi connectivity index (χ0n) is 29.6. The topological polar surface area (TPSA) is 55.3 Å². The van der Waals surface area contributed by atoms with Gasteiger partial charge in [-0.2, -0.15) is 0 Å². The molecule has 0 aliphatic rings. The highest BCUT2D eigenvalue weighted by Crippen LogP contribution is 2.40. The highest BCUT2D eigenvalue weighted by atomic mass is 16.4. The summed E-state index contributed by atoms with van der Waals surface area (Å²) in [5, 5.41) is 7.37. The molecule has 0 unspecified atom stereocenters. The minimum atomic E-state index is 0.600. The lowest BCUT2D eigenvalue weighted by Crippen LogP contribution is -2.09. The molecule has 0 bridgehead atoms. The van der Waals surface area contributed by atoms with Crippen molar-refractivity contribution in [1.29, 1.82) is 0 Å². The maximum atomic E-state index is 6.10. The van der Waals surface area contributed by atoms with Gasteiger partial charge in [-0.3, -0.25) is 0 Å². The third-order valence-electron chi connectivity index (χ3n) is 10.5. The van der Waals surface area contributed by atoms with E-state index in [4.69, 9.17) is 18.8 Å². The Morgan fingerprint density at radius 3 is 1.47 bits per heavy atom. The second-order valence-corrected chi connectivity index (χ2v) is 13.8. The standard InChI is InChI=1S/C50H31N3O2/c1-2-10-41-36(9-1)31-44(43-12-4-3-11-42(41)43)37-18-17-35-30-40(28-23-34(35)29-37)53(38-24-19-32(20-25-38)49-51-45-13-5-7-15-47(45)54-49)39-26-21-33(22-27-39)50-52-46-14-6-8-16-48(46)55-50/h1-31H. The quantitative estimate of drug-likeness (QED) is 0.161. The second kappa shape index (κ2) is 12.6. The average molecular weight is 706 g/mol. The number of oxazole rings is 2. The molecule has 0 fully saturated rings. The molecule has 0 spiro atoms. The molecule has 0 radical (unpaired) electrons. The first kappa shape index (κ1) is 31.1. The summed E-state index contributed by atoms with van der Waals surface area (Å²) in [7, 11) is 0. The zero-order valence-corrected chi connectivity index (χ0v) is 29.6. The first-order valence-electron chi connectivity index (χ1n) is 18.4. The number of hydrogen-bond acceptors (Lipinski definition) is 5. The molecular formula is C50H31N3O2. The summed E-state index contributed by atoms with van der Waals surface area (Å²) in [6.45, 7) is 0. The summed E-state index contributed by atoms with van der Waals surface area (Å²) < 4.78 is 12.2. The molecule has 5 heteroatoms. The van der Waals surface area contributed by atoms with Crippen LogP contribution in [0.2, 0.25) is 0 Å². The van der Waals surface area contributed by atoms with Gasteiger partial charge in [-0.15, -0.1) is 0 Å². The van der Waals surface area contributed by atoms with Gasteiger partial charge in [0.1, 0.15) is 11.0 Å². The van der Waals surface area contributed by atoms with E-state index < -0.39 is 0 Å². The van der Waals surface area contributed by atoms with Crippen LogP contribution in [0.1, 0.15) is 0 Å². The molecule has 0 saturated heterocycles. The Balaban J connectivity index is 0.999. The van der Waals surface area contributed by atoms with E-state index in [1.54, 1.807) is 0 Å². The predicted molar refractivity (Wildman–Crippen MR) is 225 cm³/mol. The lowest BCUT2D eigenvalue weighted by Gasteiger charge is -2.26. The van der Waals surface area contributed by atoms with E-state index in [1.807, 2.05) is 48.5 Å². The minimum Gasteiger partial charge on any atom is -0.436 e. The summed E-state index contributed by atoms with van der Waals surface area (Å²) >= 11 is 0. The van der Waals surface area contributed by atoms with Gasteiger partial charge in [0.25, 0.3) is 0 Å². The first-order chi connectivity index (χ1) is 27.2. The van der Waals surface area contributed by atoms with Crippen LogP contribution in [0.4, 0.5) is 17.1 Å². The van der Waals surface area contributed by atoms with Gasteiger partial charge in [-0.05, 0) is 141 Å². The minimum absolute atomic E-state index is 0.600. The van der Waals surface area contributed by atoms with Gasteiger partial charge in [0, 0.05) is 28.2 Å². The van der Waals surface area contributed by atoms with E-state index >= 15 is 0 Å². The molecule has 0 aliphatic heterocycles. The Kier molecular flexibility index (Phi) is 7.10. The van der Waals surface area contributed by atoms with Crippen LogP contribution >= 0.6 is 0 Å². The molecule has 0 saturated carbocycles. The van der Waals surface area contributed by atoms with Crippen molar-refractivity contribution in [2.75, 3.05) is 4.90 Å². The first-order valence-corrected chi connectivity index (χ1v) is 18.4. The number of aromatic nitrogens is 2. The van der Waals surface area contributed by atoms with Crippen LogP contribution in [0.25, 0.3) is 88.6 Å². The fourth-order valence-corrected chi connectivity index (χ4v) is 7.78. The van der Waals surface area contributed by atoms with Gasteiger partial charge in [0.05, 0.1) is 0 Å². The maximum absolute atomic E-state index is 6.10. The van der Waals surface area contributed by atoms with Crippen LogP contribution in [-0.4, -0.2) is 9.97 Å². The number of para-hydroxylation sites is 4. The van der Waals surface area contributed by atoms with Gasteiger partial charge in [0.15, 0.2) is 11.2 Å². The smallest absolute Gasteiger partial charge is 0.227 e. The van der Waals surface area contributed by atoms with Crippen LogP contribution < -0.4 is 4.90 Å². The Labute approximate surface area is 316 Å².